The Labute approximate surface area is 101 Å². The highest BCUT2D eigenvalue weighted by Crippen LogP contribution is 2.28. The summed E-state index contributed by atoms with van der Waals surface area (Å²) < 4.78 is 0. The van der Waals surface area contributed by atoms with Gasteiger partial charge in [0.2, 0.25) is 0 Å². The van der Waals surface area contributed by atoms with Crippen LogP contribution in [0.25, 0.3) is 0 Å². The number of thiophene rings is 1. The van der Waals surface area contributed by atoms with Crippen molar-refractivity contribution in [1.29, 1.82) is 0 Å². The fourth-order valence-electron chi connectivity index (χ4n) is 2.61. The van der Waals surface area contributed by atoms with Crippen LogP contribution < -0.4 is 0 Å². The normalized spacial score (nSPS) is 25.4. The molecule has 1 fully saturated rings. The molecule has 0 bridgehead atoms. The first-order valence-electron chi connectivity index (χ1n) is 5.99. The number of hydrogen-bond acceptors (Lipinski definition) is 2. The lowest BCUT2D eigenvalue weighted by Gasteiger charge is -2.36. The Kier molecular flexibility index (Phi) is 3.64. The number of amides is 1. The van der Waals surface area contributed by atoms with Gasteiger partial charge < -0.3 is 4.90 Å². The van der Waals surface area contributed by atoms with E-state index in [2.05, 4.69) is 6.92 Å². The Morgan fingerprint density at radius 1 is 1.44 bits per heavy atom. The van der Waals surface area contributed by atoms with Crippen LogP contribution in [0.5, 0.6) is 0 Å². The molecule has 2 nitrogen and oxygen atoms in total. The molecule has 0 aromatic carbocycles. The van der Waals surface area contributed by atoms with Gasteiger partial charge in [0.25, 0.3) is 5.91 Å². The maximum Gasteiger partial charge on any atom is 0.254 e. The average molecular weight is 237 g/mol. The standard InChI is InChI=1S/C13H19NOS/c1-10-5-3-4-6-12(10)14(2)13(15)11-7-8-16-9-11/h7-10,12H,3-6H2,1-2H3. The molecule has 1 amide bonds. The van der Waals surface area contributed by atoms with Crippen LogP contribution in [0, 0.1) is 5.92 Å². The van der Waals surface area contributed by atoms with E-state index in [9.17, 15) is 4.79 Å². The Balaban J connectivity index is 2.06. The number of rotatable bonds is 2. The summed E-state index contributed by atoms with van der Waals surface area (Å²) in [6.45, 7) is 2.27. The first-order valence-corrected chi connectivity index (χ1v) is 6.94. The highest BCUT2D eigenvalue weighted by molar-refractivity contribution is 7.08. The van der Waals surface area contributed by atoms with E-state index in [4.69, 9.17) is 0 Å². The number of carbonyl (C=O) groups excluding carboxylic acids is 1. The molecule has 1 aliphatic carbocycles. The zero-order chi connectivity index (χ0) is 11.5. The second-order valence-electron chi connectivity index (χ2n) is 4.76. The second-order valence-corrected chi connectivity index (χ2v) is 5.54. The van der Waals surface area contributed by atoms with Crippen LogP contribution in [0.3, 0.4) is 0 Å². The summed E-state index contributed by atoms with van der Waals surface area (Å²) in [6.07, 6.45) is 4.99. The van der Waals surface area contributed by atoms with Crippen molar-refractivity contribution >= 4 is 17.2 Å². The van der Waals surface area contributed by atoms with E-state index in [1.54, 1.807) is 11.3 Å². The third-order valence-corrected chi connectivity index (χ3v) is 4.34. The smallest absolute Gasteiger partial charge is 0.254 e. The van der Waals surface area contributed by atoms with Crippen molar-refractivity contribution in [3.05, 3.63) is 22.4 Å². The zero-order valence-corrected chi connectivity index (χ0v) is 10.8. The molecule has 1 heterocycles. The van der Waals surface area contributed by atoms with E-state index in [-0.39, 0.29) is 5.91 Å². The second kappa shape index (κ2) is 5.00. The van der Waals surface area contributed by atoms with Gasteiger partial charge >= 0.3 is 0 Å². The average Bonchev–Trinajstić information content (AvgIpc) is 2.81. The van der Waals surface area contributed by atoms with Crippen molar-refractivity contribution in [2.75, 3.05) is 7.05 Å². The summed E-state index contributed by atoms with van der Waals surface area (Å²) in [5.41, 5.74) is 0.838. The van der Waals surface area contributed by atoms with Crippen molar-refractivity contribution < 1.29 is 4.79 Å². The van der Waals surface area contributed by atoms with Gasteiger partial charge in [0.15, 0.2) is 0 Å². The van der Waals surface area contributed by atoms with Crippen LogP contribution in [0.4, 0.5) is 0 Å². The minimum Gasteiger partial charge on any atom is -0.338 e. The largest absolute Gasteiger partial charge is 0.338 e. The van der Waals surface area contributed by atoms with Crippen LogP contribution >= 0.6 is 11.3 Å². The Morgan fingerprint density at radius 3 is 2.81 bits per heavy atom. The summed E-state index contributed by atoms with van der Waals surface area (Å²) in [5.74, 6) is 0.821. The first kappa shape index (κ1) is 11.6. The monoisotopic (exact) mass is 237 g/mol. The number of nitrogens with zero attached hydrogens (tertiary/aromatic N) is 1. The molecule has 3 heteroatoms. The van der Waals surface area contributed by atoms with E-state index >= 15 is 0 Å². The molecule has 0 radical (unpaired) electrons. The van der Waals surface area contributed by atoms with Crippen LogP contribution in [-0.4, -0.2) is 23.9 Å². The lowest BCUT2D eigenvalue weighted by Crippen LogP contribution is -2.42. The molecule has 2 atom stereocenters. The van der Waals surface area contributed by atoms with Gasteiger partial charge in [-0.05, 0) is 30.2 Å². The van der Waals surface area contributed by atoms with Gasteiger partial charge in [0.05, 0.1) is 5.56 Å². The molecule has 16 heavy (non-hydrogen) atoms. The summed E-state index contributed by atoms with van der Waals surface area (Å²) in [4.78, 5) is 14.1. The summed E-state index contributed by atoms with van der Waals surface area (Å²) in [7, 11) is 1.95. The topological polar surface area (TPSA) is 20.3 Å². The molecule has 1 aromatic heterocycles. The van der Waals surface area contributed by atoms with Crippen molar-refractivity contribution in [3.8, 4) is 0 Å². The van der Waals surface area contributed by atoms with Crippen LogP contribution in [0.1, 0.15) is 43.0 Å². The first-order chi connectivity index (χ1) is 7.70. The van der Waals surface area contributed by atoms with Gasteiger partial charge in [-0.2, -0.15) is 11.3 Å². The highest BCUT2D eigenvalue weighted by atomic mass is 32.1. The predicted octanol–water partition coefficient (Wildman–Crippen LogP) is 3.40. The van der Waals surface area contributed by atoms with Crippen LogP contribution in [0.15, 0.2) is 16.8 Å². The maximum atomic E-state index is 12.2. The molecule has 2 unspecified atom stereocenters. The van der Waals surface area contributed by atoms with Gasteiger partial charge in [0, 0.05) is 18.5 Å². The summed E-state index contributed by atoms with van der Waals surface area (Å²) >= 11 is 1.59. The minimum absolute atomic E-state index is 0.181. The van der Waals surface area contributed by atoms with Crippen molar-refractivity contribution in [1.82, 2.24) is 4.90 Å². The third-order valence-electron chi connectivity index (χ3n) is 3.65. The highest BCUT2D eigenvalue weighted by Gasteiger charge is 2.28. The van der Waals surface area contributed by atoms with Gasteiger partial charge in [-0.3, -0.25) is 4.79 Å². The Hall–Kier alpha value is -0.830. The molecular weight excluding hydrogens is 218 g/mol. The van der Waals surface area contributed by atoms with Gasteiger partial charge in [-0.25, -0.2) is 0 Å². The fraction of sp³-hybridized carbons (Fsp3) is 0.615. The minimum atomic E-state index is 0.181. The predicted molar refractivity (Wildman–Crippen MR) is 67.8 cm³/mol. The molecular formula is C13H19NOS. The van der Waals surface area contributed by atoms with E-state index in [0.29, 0.717) is 12.0 Å². The number of hydrogen-bond donors (Lipinski definition) is 0. The van der Waals surface area contributed by atoms with E-state index < -0.39 is 0 Å². The Bertz CT molecular complexity index is 347. The SMILES string of the molecule is CC1CCCCC1N(C)C(=O)c1ccsc1. The molecule has 0 N–H and O–H groups in total. The van der Waals surface area contributed by atoms with E-state index in [1.165, 1.54) is 19.3 Å². The lowest BCUT2D eigenvalue weighted by atomic mass is 9.85. The molecule has 1 saturated carbocycles. The van der Waals surface area contributed by atoms with Crippen LogP contribution in [-0.2, 0) is 0 Å². The number of carbonyl (C=O) groups is 1. The van der Waals surface area contributed by atoms with Crippen LogP contribution in [0.2, 0.25) is 0 Å². The van der Waals surface area contributed by atoms with Gasteiger partial charge in [-0.15, -0.1) is 0 Å². The van der Waals surface area contributed by atoms with Crippen molar-refractivity contribution in [2.24, 2.45) is 5.92 Å². The molecule has 1 aliphatic rings. The molecule has 0 spiro atoms. The van der Waals surface area contributed by atoms with Gasteiger partial charge in [0.1, 0.15) is 0 Å². The Morgan fingerprint density at radius 2 is 2.19 bits per heavy atom. The maximum absolute atomic E-state index is 12.2. The van der Waals surface area contributed by atoms with Gasteiger partial charge in [-0.1, -0.05) is 19.8 Å². The molecule has 2 rings (SSSR count). The third kappa shape index (κ3) is 2.29. The lowest BCUT2D eigenvalue weighted by molar-refractivity contribution is 0.0629. The molecule has 88 valence electrons. The zero-order valence-electron chi connectivity index (χ0n) is 9.98. The van der Waals surface area contributed by atoms with E-state index in [1.807, 2.05) is 28.8 Å². The summed E-state index contributed by atoms with van der Waals surface area (Å²) in [6, 6.07) is 2.35. The molecule has 1 aromatic rings. The molecule has 0 saturated heterocycles. The van der Waals surface area contributed by atoms with Crippen molar-refractivity contribution in [3.63, 3.8) is 0 Å². The van der Waals surface area contributed by atoms with Crippen molar-refractivity contribution in [2.45, 2.75) is 38.6 Å². The van der Waals surface area contributed by atoms with E-state index in [0.717, 1.165) is 12.0 Å². The fourth-order valence-corrected chi connectivity index (χ4v) is 3.24. The summed E-state index contributed by atoms with van der Waals surface area (Å²) in [5, 5.41) is 3.90. The quantitative estimate of drug-likeness (QED) is 0.772. The molecule has 0 aliphatic heterocycles.